The molecule has 3 unspecified atom stereocenters. The molecule has 4 rings (SSSR count). The Labute approximate surface area is 180 Å². The van der Waals surface area contributed by atoms with Crippen molar-refractivity contribution < 1.29 is 13.2 Å². The summed E-state index contributed by atoms with van der Waals surface area (Å²) in [6, 6.07) is 0.428. The quantitative estimate of drug-likeness (QED) is 0.358. The van der Waals surface area contributed by atoms with Crippen molar-refractivity contribution in [1.82, 2.24) is 10.2 Å². The molecule has 3 atom stereocenters. The van der Waals surface area contributed by atoms with Crippen molar-refractivity contribution >= 4 is 39.8 Å². The number of rotatable bonds is 3. The minimum absolute atomic E-state index is 0. The van der Waals surface area contributed by atoms with Crippen LogP contribution in [0.5, 0.6) is 0 Å². The fourth-order valence-corrected chi connectivity index (χ4v) is 6.92. The first-order valence-electron chi connectivity index (χ1n) is 10.4. The lowest BCUT2D eigenvalue weighted by Gasteiger charge is -2.29. The van der Waals surface area contributed by atoms with Gasteiger partial charge in [-0.2, -0.15) is 0 Å². The van der Waals surface area contributed by atoms with Crippen molar-refractivity contribution in [2.75, 3.05) is 44.4 Å². The van der Waals surface area contributed by atoms with Crippen molar-refractivity contribution in [2.45, 2.75) is 51.0 Å². The summed E-state index contributed by atoms with van der Waals surface area (Å²) in [4.78, 5) is 7.39. The second-order valence-electron chi connectivity index (χ2n) is 8.67. The molecular weight excluding hydrogens is 477 g/mol. The molecule has 0 aromatic heterocycles. The van der Waals surface area contributed by atoms with Crippen LogP contribution in [0, 0.1) is 17.8 Å². The Morgan fingerprint density at radius 3 is 2.30 bits per heavy atom. The zero-order valence-corrected chi connectivity index (χ0v) is 19.3. The van der Waals surface area contributed by atoms with Crippen LogP contribution in [-0.4, -0.2) is 69.7 Å². The minimum Gasteiger partial charge on any atom is -0.381 e. The molecule has 3 saturated heterocycles. The first kappa shape index (κ1) is 21.6. The van der Waals surface area contributed by atoms with Crippen LogP contribution in [0.1, 0.15) is 44.9 Å². The second kappa shape index (κ2) is 9.61. The Morgan fingerprint density at radius 1 is 1.04 bits per heavy atom. The standard InChI is InChI=1S/C19H33N3O3S.HI/c23-26(24)10-7-15(14-26)11-20-19(21-18-5-8-25-9-6-18)22-12-16-3-1-2-4-17(16)13-22;/h15-18H,1-14H2,(H,20,21);1H. The molecule has 0 aromatic rings. The van der Waals surface area contributed by atoms with Crippen molar-refractivity contribution in [3.63, 3.8) is 0 Å². The van der Waals surface area contributed by atoms with Gasteiger partial charge in [0.15, 0.2) is 15.8 Å². The molecule has 3 heterocycles. The van der Waals surface area contributed by atoms with Gasteiger partial charge in [0.2, 0.25) is 0 Å². The van der Waals surface area contributed by atoms with E-state index >= 15 is 0 Å². The predicted molar refractivity (Wildman–Crippen MR) is 118 cm³/mol. The highest BCUT2D eigenvalue weighted by Gasteiger charge is 2.36. The monoisotopic (exact) mass is 511 g/mol. The van der Waals surface area contributed by atoms with Gasteiger partial charge in [0.25, 0.3) is 0 Å². The second-order valence-corrected chi connectivity index (χ2v) is 10.9. The summed E-state index contributed by atoms with van der Waals surface area (Å²) in [6.07, 6.45) is 8.26. The number of aliphatic imine (C=N–C) groups is 1. The molecule has 3 aliphatic heterocycles. The third-order valence-corrected chi connectivity index (χ3v) is 8.49. The maximum absolute atomic E-state index is 11.7. The van der Waals surface area contributed by atoms with Crippen LogP contribution in [0.25, 0.3) is 0 Å². The molecule has 0 radical (unpaired) electrons. The largest absolute Gasteiger partial charge is 0.381 e. The highest BCUT2D eigenvalue weighted by Crippen LogP contribution is 2.36. The van der Waals surface area contributed by atoms with E-state index in [1.165, 1.54) is 25.7 Å². The number of guanidine groups is 1. The Bertz CT molecular complexity index is 608. The summed E-state index contributed by atoms with van der Waals surface area (Å²) in [7, 11) is -2.83. The average molecular weight is 511 g/mol. The molecule has 8 heteroatoms. The SMILES string of the molecule is I.O=S1(=O)CCC(CN=C(NC2CCOCC2)N2CC3CCCCC3C2)C1. The van der Waals surface area contributed by atoms with E-state index in [2.05, 4.69) is 10.2 Å². The maximum atomic E-state index is 11.7. The lowest BCUT2D eigenvalue weighted by Crippen LogP contribution is -2.47. The Balaban J connectivity index is 0.00000210. The molecule has 0 bridgehead atoms. The smallest absolute Gasteiger partial charge is 0.194 e. The number of halogens is 1. The Morgan fingerprint density at radius 2 is 1.70 bits per heavy atom. The third kappa shape index (κ3) is 5.72. The van der Waals surface area contributed by atoms with Crippen LogP contribution < -0.4 is 5.32 Å². The van der Waals surface area contributed by atoms with Crippen LogP contribution in [0.4, 0.5) is 0 Å². The van der Waals surface area contributed by atoms with Gasteiger partial charge in [0.05, 0.1) is 11.5 Å². The van der Waals surface area contributed by atoms with Gasteiger partial charge < -0.3 is 15.0 Å². The third-order valence-electron chi connectivity index (χ3n) is 6.66. The van der Waals surface area contributed by atoms with Gasteiger partial charge in [-0.1, -0.05) is 12.8 Å². The normalized spacial score (nSPS) is 34.1. The highest BCUT2D eigenvalue weighted by atomic mass is 127. The van der Waals surface area contributed by atoms with Gasteiger partial charge in [0.1, 0.15) is 0 Å². The molecule has 6 nitrogen and oxygen atoms in total. The van der Waals surface area contributed by atoms with Crippen LogP contribution >= 0.6 is 24.0 Å². The van der Waals surface area contributed by atoms with E-state index in [4.69, 9.17) is 9.73 Å². The summed E-state index contributed by atoms with van der Waals surface area (Å²) >= 11 is 0. The summed E-state index contributed by atoms with van der Waals surface area (Å²) in [5.74, 6) is 3.50. The molecule has 1 N–H and O–H groups in total. The highest BCUT2D eigenvalue weighted by molar-refractivity contribution is 14.0. The van der Waals surface area contributed by atoms with Crippen molar-refractivity contribution in [3.8, 4) is 0 Å². The van der Waals surface area contributed by atoms with E-state index in [1.54, 1.807) is 0 Å². The molecule has 0 amide bonds. The number of nitrogens with zero attached hydrogens (tertiary/aromatic N) is 2. The zero-order chi connectivity index (χ0) is 18.0. The van der Waals surface area contributed by atoms with E-state index in [1.807, 2.05) is 0 Å². The summed E-state index contributed by atoms with van der Waals surface area (Å²) in [5, 5.41) is 3.70. The number of nitrogens with one attached hydrogen (secondary N) is 1. The van der Waals surface area contributed by atoms with Gasteiger partial charge in [-0.3, -0.25) is 4.99 Å². The number of hydrogen-bond acceptors (Lipinski definition) is 4. The zero-order valence-electron chi connectivity index (χ0n) is 16.1. The van der Waals surface area contributed by atoms with E-state index < -0.39 is 9.84 Å². The van der Waals surface area contributed by atoms with Gasteiger partial charge in [-0.15, -0.1) is 24.0 Å². The first-order chi connectivity index (χ1) is 12.6. The van der Waals surface area contributed by atoms with Crippen molar-refractivity contribution in [2.24, 2.45) is 22.7 Å². The maximum Gasteiger partial charge on any atom is 0.194 e. The van der Waals surface area contributed by atoms with E-state index in [-0.39, 0.29) is 29.9 Å². The molecule has 0 aromatic carbocycles. The van der Waals surface area contributed by atoms with Gasteiger partial charge in [-0.25, -0.2) is 8.42 Å². The topological polar surface area (TPSA) is 71.0 Å². The van der Waals surface area contributed by atoms with E-state index in [0.717, 1.165) is 63.4 Å². The number of sulfone groups is 1. The molecule has 0 spiro atoms. The lowest BCUT2D eigenvalue weighted by molar-refractivity contribution is 0.0816. The summed E-state index contributed by atoms with van der Waals surface area (Å²) in [6.45, 7) is 4.50. The van der Waals surface area contributed by atoms with Crippen molar-refractivity contribution in [3.05, 3.63) is 0 Å². The van der Waals surface area contributed by atoms with Gasteiger partial charge in [-0.05, 0) is 49.9 Å². The molecule has 1 aliphatic carbocycles. The molecule has 4 fully saturated rings. The average Bonchev–Trinajstić information content (AvgIpc) is 3.22. The van der Waals surface area contributed by atoms with Gasteiger partial charge in [0, 0.05) is 38.9 Å². The lowest BCUT2D eigenvalue weighted by atomic mass is 9.82. The van der Waals surface area contributed by atoms with E-state index in [9.17, 15) is 8.42 Å². The molecule has 4 aliphatic rings. The number of hydrogen-bond donors (Lipinski definition) is 1. The number of fused-ring (bicyclic) bond motifs is 1. The first-order valence-corrected chi connectivity index (χ1v) is 12.3. The fraction of sp³-hybridized carbons (Fsp3) is 0.947. The van der Waals surface area contributed by atoms with Crippen LogP contribution in [0.15, 0.2) is 4.99 Å². The molecule has 1 saturated carbocycles. The van der Waals surface area contributed by atoms with Crippen molar-refractivity contribution in [1.29, 1.82) is 0 Å². The number of ether oxygens (including phenoxy) is 1. The summed E-state index contributed by atoms with van der Waals surface area (Å²) in [5.41, 5.74) is 0. The Kier molecular flexibility index (Phi) is 7.69. The van der Waals surface area contributed by atoms with Crippen LogP contribution in [-0.2, 0) is 14.6 Å². The Hall–Kier alpha value is -0.0900. The number of likely N-dealkylation sites (tertiary alicyclic amines) is 1. The summed E-state index contributed by atoms with van der Waals surface area (Å²) < 4.78 is 29.0. The molecule has 27 heavy (non-hydrogen) atoms. The van der Waals surface area contributed by atoms with Crippen LogP contribution in [0.2, 0.25) is 0 Å². The predicted octanol–water partition coefficient (Wildman–Crippen LogP) is 2.29. The molecular formula is C19H34IN3O3S. The van der Waals surface area contributed by atoms with Gasteiger partial charge >= 0.3 is 0 Å². The minimum atomic E-state index is -2.83. The van der Waals surface area contributed by atoms with E-state index in [0.29, 0.717) is 24.1 Å². The fourth-order valence-electron chi connectivity index (χ4n) is 5.07. The molecule has 156 valence electrons. The van der Waals surface area contributed by atoms with Crippen LogP contribution in [0.3, 0.4) is 0 Å².